The molecule has 0 fully saturated rings. The molecule has 0 heteroatoms. The van der Waals surface area contributed by atoms with Gasteiger partial charge in [-0.2, -0.15) is 0 Å². The van der Waals surface area contributed by atoms with Crippen LogP contribution in [0.1, 0.15) is 22.3 Å². The molecule has 0 unspecified atom stereocenters. The molecule has 0 radical (unpaired) electrons. The van der Waals surface area contributed by atoms with E-state index in [0.717, 1.165) is 0 Å². The van der Waals surface area contributed by atoms with Crippen molar-refractivity contribution < 1.29 is 0 Å². The second kappa shape index (κ2) is 14.5. The fourth-order valence-electron chi connectivity index (χ4n) is 8.62. The summed E-state index contributed by atoms with van der Waals surface area (Å²) in [4.78, 5) is 0. The number of rotatable bonds is 7. The fraction of sp³-hybridized carbons (Fsp3) is 0. The van der Waals surface area contributed by atoms with E-state index in [9.17, 15) is 0 Å². The Balaban J connectivity index is 1.27. The number of hydrogen-bond acceptors (Lipinski definition) is 0. The molecule has 0 bridgehead atoms. The van der Waals surface area contributed by atoms with Crippen molar-refractivity contribution in [3.8, 4) is 33.4 Å². The van der Waals surface area contributed by atoms with Gasteiger partial charge in [0.15, 0.2) is 0 Å². The molecular formula is C56H38. The maximum atomic E-state index is 2.32. The monoisotopic (exact) mass is 710 g/mol. The van der Waals surface area contributed by atoms with E-state index in [1.54, 1.807) is 0 Å². The average molecular weight is 711 g/mol. The van der Waals surface area contributed by atoms with Crippen molar-refractivity contribution in [2.45, 2.75) is 0 Å². The van der Waals surface area contributed by atoms with E-state index in [1.807, 2.05) is 0 Å². The SMILES string of the molecule is C(=Cc1ccccc1-c1c2ccccc2c(-c2c3ccccc3c(-c3ccccc3C=Cc3ccccc3)c3ccccc23)c2ccccc12)c1ccccc1. The van der Waals surface area contributed by atoms with E-state index < -0.39 is 0 Å². The minimum absolute atomic E-state index is 1.18. The van der Waals surface area contributed by atoms with Crippen LogP contribution in [0.3, 0.4) is 0 Å². The zero-order valence-corrected chi connectivity index (χ0v) is 30.9. The van der Waals surface area contributed by atoms with Gasteiger partial charge in [-0.25, -0.2) is 0 Å². The maximum absolute atomic E-state index is 2.32. The molecule has 0 nitrogen and oxygen atoms in total. The molecule has 0 amide bonds. The largest absolute Gasteiger partial charge is 0.0622 e. The lowest BCUT2D eigenvalue weighted by Gasteiger charge is -2.23. The first-order valence-electron chi connectivity index (χ1n) is 19.4. The lowest BCUT2D eigenvalue weighted by Crippen LogP contribution is -1.95. The Labute approximate surface area is 328 Å². The van der Waals surface area contributed by atoms with Crippen molar-refractivity contribution in [3.05, 3.63) is 229 Å². The van der Waals surface area contributed by atoms with Gasteiger partial charge in [-0.05, 0) is 98.7 Å². The molecule has 0 atom stereocenters. The third kappa shape index (κ3) is 5.89. The summed E-state index contributed by atoms with van der Waals surface area (Å²) < 4.78 is 0. The van der Waals surface area contributed by atoms with Crippen molar-refractivity contribution in [1.29, 1.82) is 0 Å². The van der Waals surface area contributed by atoms with E-state index in [-0.39, 0.29) is 0 Å². The number of benzene rings is 10. The molecule has 0 saturated carbocycles. The highest BCUT2D eigenvalue weighted by Gasteiger charge is 2.23. The summed E-state index contributed by atoms with van der Waals surface area (Å²) in [6.07, 6.45) is 8.95. The zero-order chi connectivity index (χ0) is 37.3. The van der Waals surface area contributed by atoms with Gasteiger partial charge in [-0.15, -0.1) is 0 Å². The highest BCUT2D eigenvalue weighted by atomic mass is 14.3. The summed E-state index contributed by atoms with van der Waals surface area (Å²) in [5.41, 5.74) is 12.3. The smallest absolute Gasteiger partial charge is 0.00139 e. The molecular weight excluding hydrogens is 673 g/mol. The van der Waals surface area contributed by atoms with Crippen LogP contribution in [0.15, 0.2) is 206 Å². The van der Waals surface area contributed by atoms with Gasteiger partial charge in [0.1, 0.15) is 0 Å². The molecule has 0 saturated heterocycles. The number of fused-ring (bicyclic) bond motifs is 4. The van der Waals surface area contributed by atoms with Crippen LogP contribution in [0.25, 0.3) is 101 Å². The van der Waals surface area contributed by atoms with Gasteiger partial charge in [-0.1, -0.05) is 231 Å². The molecule has 10 aromatic rings. The predicted octanol–water partition coefficient (Wildman–Crippen LogP) is 15.6. The molecule has 10 rings (SSSR count). The van der Waals surface area contributed by atoms with Crippen molar-refractivity contribution in [2.75, 3.05) is 0 Å². The van der Waals surface area contributed by atoms with Crippen LogP contribution < -0.4 is 0 Å². The molecule has 0 aliphatic carbocycles. The van der Waals surface area contributed by atoms with Crippen LogP contribution in [-0.2, 0) is 0 Å². The van der Waals surface area contributed by atoms with Crippen molar-refractivity contribution >= 4 is 67.4 Å². The van der Waals surface area contributed by atoms with E-state index in [1.165, 1.54) is 98.7 Å². The minimum Gasteiger partial charge on any atom is -0.0622 e. The Kier molecular flexibility index (Phi) is 8.63. The quantitative estimate of drug-likeness (QED) is 0.114. The summed E-state index contributed by atoms with van der Waals surface area (Å²) in [6.45, 7) is 0. The van der Waals surface area contributed by atoms with Crippen LogP contribution in [0.4, 0.5) is 0 Å². The third-order valence-electron chi connectivity index (χ3n) is 11.1. The van der Waals surface area contributed by atoms with Crippen molar-refractivity contribution in [3.63, 3.8) is 0 Å². The van der Waals surface area contributed by atoms with Gasteiger partial charge in [0.2, 0.25) is 0 Å². The molecule has 0 aliphatic heterocycles. The molecule has 0 N–H and O–H groups in total. The van der Waals surface area contributed by atoms with Crippen LogP contribution in [0, 0.1) is 0 Å². The summed E-state index contributed by atoms with van der Waals surface area (Å²) in [5.74, 6) is 0. The van der Waals surface area contributed by atoms with Gasteiger partial charge in [-0.3, -0.25) is 0 Å². The number of hydrogen-bond donors (Lipinski definition) is 0. The first kappa shape index (κ1) is 33.3. The standard InChI is InChI=1S/C56H38/c1-3-19-39(20-4-1)35-37-41-23-7-9-25-43(41)53-45-27-11-15-31-49(45)55(50-32-16-12-28-46(50)53)56-51-33-17-13-29-47(51)54(48-30-14-18-34-52(48)56)44-26-10-8-24-42(44)38-36-40-21-5-2-6-22-40/h1-38H. The summed E-state index contributed by atoms with van der Waals surface area (Å²) >= 11 is 0. The van der Waals surface area contributed by atoms with E-state index in [4.69, 9.17) is 0 Å². The van der Waals surface area contributed by atoms with Crippen LogP contribution in [0.2, 0.25) is 0 Å². The van der Waals surface area contributed by atoms with Gasteiger partial charge in [0.25, 0.3) is 0 Å². The Bertz CT molecular complexity index is 2780. The normalized spacial score (nSPS) is 11.8. The molecule has 0 aromatic heterocycles. The molecule has 0 spiro atoms. The Morgan fingerprint density at radius 1 is 0.196 bits per heavy atom. The van der Waals surface area contributed by atoms with Gasteiger partial charge in [0.05, 0.1) is 0 Å². The highest BCUT2D eigenvalue weighted by molar-refractivity contribution is 6.30. The molecule has 262 valence electrons. The minimum atomic E-state index is 1.18. The van der Waals surface area contributed by atoms with E-state index in [0.29, 0.717) is 0 Å². The summed E-state index contributed by atoms with van der Waals surface area (Å²) in [5, 5.41) is 9.97. The van der Waals surface area contributed by atoms with Gasteiger partial charge < -0.3 is 0 Å². The second-order valence-corrected chi connectivity index (χ2v) is 14.3. The van der Waals surface area contributed by atoms with Crippen LogP contribution >= 0.6 is 0 Å². The predicted molar refractivity (Wildman–Crippen MR) is 244 cm³/mol. The van der Waals surface area contributed by atoms with Crippen molar-refractivity contribution in [2.24, 2.45) is 0 Å². The van der Waals surface area contributed by atoms with Crippen LogP contribution in [0.5, 0.6) is 0 Å². The fourth-order valence-corrected chi connectivity index (χ4v) is 8.62. The molecule has 0 heterocycles. The first-order valence-corrected chi connectivity index (χ1v) is 19.4. The zero-order valence-electron chi connectivity index (χ0n) is 30.9. The Morgan fingerprint density at radius 2 is 0.446 bits per heavy atom. The molecule has 56 heavy (non-hydrogen) atoms. The average Bonchev–Trinajstić information content (AvgIpc) is 3.27. The topological polar surface area (TPSA) is 0 Å². The van der Waals surface area contributed by atoms with E-state index in [2.05, 4.69) is 231 Å². The second-order valence-electron chi connectivity index (χ2n) is 14.3. The van der Waals surface area contributed by atoms with Gasteiger partial charge >= 0.3 is 0 Å². The van der Waals surface area contributed by atoms with E-state index >= 15 is 0 Å². The first-order chi connectivity index (χ1) is 27.8. The molecule has 10 aromatic carbocycles. The van der Waals surface area contributed by atoms with Crippen LogP contribution in [-0.4, -0.2) is 0 Å². The highest BCUT2D eigenvalue weighted by Crippen LogP contribution is 2.50. The summed E-state index contributed by atoms with van der Waals surface area (Å²) in [7, 11) is 0. The van der Waals surface area contributed by atoms with Crippen molar-refractivity contribution in [1.82, 2.24) is 0 Å². The van der Waals surface area contributed by atoms with Gasteiger partial charge in [0, 0.05) is 0 Å². The lowest BCUT2D eigenvalue weighted by molar-refractivity contribution is 1.62. The third-order valence-corrected chi connectivity index (χ3v) is 11.1. The lowest BCUT2D eigenvalue weighted by atomic mass is 9.80. The summed E-state index contributed by atoms with van der Waals surface area (Å²) in [6, 6.07) is 74.8. The Hall–Kier alpha value is -7.28. The molecule has 0 aliphatic rings. The Morgan fingerprint density at radius 3 is 0.768 bits per heavy atom. The maximum Gasteiger partial charge on any atom is -0.00139 e.